The van der Waals surface area contributed by atoms with Crippen molar-refractivity contribution in [1.82, 2.24) is 19.4 Å². The second kappa shape index (κ2) is 6.75. The largest absolute Gasteiger partial charge is 0.338 e. The van der Waals surface area contributed by atoms with Gasteiger partial charge in [0, 0.05) is 61.0 Å². The van der Waals surface area contributed by atoms with E-state index in [2.05, 4.69) is 21.5 Å². The van der Waals surface area contributed by atoms with Crippen LogP contribution < -0.4 is 0 Å². The van der Waals surface area contributed by atoms with Crippen molar-refractivity contribution in [3.8, 4) is 11.4 Å². The van der Waals surface area contributed by atoms with Gasteiger partial charge in [-0.3, -0.25) is 9.78 Å². The molecule has 0 unspecified atom stereocenters. The molecule has 0 aliphatic carbocycles. The van der Waals surface area contributed by atoms with Crippen LogP contribution in [0.2, 0.25) is 0 Å². The fourth-order valence-corrected chi connectivity index (χ4v) is 3.49. The summed E-state index contributed by atoms with van der Waals surface area (Å²) in [7, 11) is 0. The van der Waals surface area contributed by atoms with Gasteiger partial charge in [0.2, 0.25) is 0 Å². The first-order valence-corrected chi connectivity index (χ1v) is 8.90. The third-order valence-corrected chi connectivity index (χ3v) is 4.93. The van der Waals surface area contributed by atoms with Crippen LogP contribution in [-0.4, -0.2) is 38.4 Å². The molecule has 0 atom stereocenters. The van der Waals surface area contributed by atoms with Gasteiger partial charge in [-0.1, -0.05) is 17.7 Å². The summed E-state index contributed by atoms with van der Waals surface area (Å²) in [5.74, 6) is 1.52. The third kappa shape index (κ3) is 3.12. The normalized spacial score (nSPS) is 14.3. The summed E-state index contributed by atoms with van der Waals surface area (Å²) in [6.07, 6.45) is 5.51. The molecule has 5 heteroatoms. The van der Waals surface area contributed by atoms with E-state index < -0.39 is 0 Å². The van der Waals surface area contributed by atoms with Crippen LogP contribution in [0.25, 0.3) is 11.4 Å². The fraction of sp³-hybridized carbons (Fsp3) is 0.286. The molecule has 1 aliphatic rings. The first kappa shape index (κ1) is 16.5. The molecule has 5 nitrogen and oxygen atoms in total. The van der Waals surface area contributed by atoms with Gasteiger partial charge >= 0.3 is 0 Å². The highest BCUT2D eigenvalue weighted by Gasteiger charge is 2.32. The van der Waals surface area contributed by atoms with Crippen LogP contribution in [0.1, 0.15) is 21.6 Å². The van der Waals surface area contributed by atoms with Crippen molar-refractivity contribution in [2.75, 3.05) is 13.1 Å². The predicted molar refractivity (Wildman–Crippen MR) is 101 cm³/mol. The number of hydrogen-bond acceptors (Lipinski definition) is 3. The summed E-state index contributed by atoms with van der Waals surface area (Å²) in [5, 5.41) is 0. The van der Waals surface area contributed by atoms with E-state index in [0.29, 0.717) is 5.92 Å². The van der Waals surface area contributed by atoms with E-state index in [0.717, 1.165) is 47.8 Å². The monoisotopic (exact) mass is 346 g/mol. The van der Waals surface area contributed by atoms with E-state index in [1.165, 1.54) is 0 Å². The molecular formula is C21H22N4O. The maximum Gasteiger partial charge on any atom is 0.253 e. The Morgan fingerprint density at radius 3 is 2.73 bits per heavy atom. The first-order valence-electron chi connectivity index (χ1n) is 8.90. The van der Waals surface area contributed by atoms with Gasteiger partial charge in [0.1, 0.15) is 5.82 Å². The van der Waals surface area contributed by atoms with Crippen LogP contribution >= 0.6 is 0 Å². The van der Waals surface area contributed by atoms with Crippen molar-refractivity contribution >= 4 is 5.91 Å². The standard InChI is InChI=1S/C21H22N4O/c1-15-5-3-6-18(9-15)21(26)24-12-17(13-24)14-25-16(2)10-23-20(25)19-7-4-8-22-11-19/h3-11,17H,12-14H2,1-2H3. The van der Waals surface area contributed by atoms with Crippen molar-refractivity contribution in [2.45, 2.75) is 20.4 Å². The van der Waals surface area contributed by atoms with Gasteiger partial charge in [-0.25, -0.2) is 4.98 Å². The molecule has 0 N–H and O–H groups in total. The molecule has 4 rings (SSSR count). The zero-order valence-corrected chi connectivity index (χ0v) is 15.1. The smallest absolute Gasteiger partial charge is 0.253 e. The van der Waals surface area contributed by atoms with Gasteiger partial charge in [-0.05, 0) is 38.1 Å². The van der Waals surface area contributed by atoms with E-state index in [9.17, 15) is 4.79 Å². The molecule has 1 aliphatic heterocycles. The van der Waals surface area contributed by atoms with Crippen molar-refractivity contribution in [1.29, 1.82) is 0 Å². The average molecular weight is 346 g/mol. The summed E-state index contributed by atoms with van der Waals surface area (Å²) in [6, 6.07) is 11.8. The number of nitrogens with zero attached hydrogens (tertiary/aromatic N) is 4. The maximum atomic E-state index is 12.6. The Kier molecular flexibility index (Phi) is 4.29. The molecule has 132 valence electrons. The quantitative estimate of drug-likeness (QED) is 0.728. The number of carbonyl (C=O) groups excluding carboxylic acids is 1. The Bertz CT molecular complexity index is 926. The fourth-order valence-electron chi connectivity index (χ4n) is 3.49. The second-order valence-electron chi connectivity index (χ2n) is 7.02. The minimum absolute atomic E-state index is 0.125. The number of aromatic nitrogens is 3. The Labute approximate surface area is 153 Å². The molecule has 2 aromatic heterocycles. The van der Waals surface area contributed by atoms with Gasteiger partial charge in [0.25, 0.3) is 5.91 Å². The maximum absolute atomic E-state index is 12.6. The number of carbonyl (C=O) groups is 1. The SMILES string of the molecule is Cc1cccc(C(=O)N2CC(Cn3c(C)cnc3-c3cccnc3)C2)c1. The van der Waals surface area contributed by atoms with E-state index in [1.807, 2.05) is 60.6 Å². The lowest BCUT2D eigenvalue weighted by Crippen LogP contribution is -2.51. The molecule has 1 aromatic carbocycles. The van der Waals surface area contributed by atoms with Gasteiger partial charge < -0.3 is 9.47 Å². The molecule has 1 saturated heterocycles. The average Bonchev–Trinajstić information content (AvgIpc) is 2.98. The Morgan fingerprint density at radius 2 is 2.00 bits per heavy atom. The number of hydrogen-bond donors (Lipinski definition) is 0. The lowest BCUT2D eigenvalue weighted by Gasteiger charge is -2.40. The highest BCUT2D eigenvalue weighted by molar-refractivity contribution is 5.94. The number of pyridine rings is 1. The second-order valence-corrected chi connectivity index (χ2v) is 7.02. The topological polar surface area (TPSA) is 51.0 Å². The van der Waals surface area contributed by atoms with Crippen molar-refractivity contribution < 1.29 is 4.79 Å². The summed E-state index contributed by atoms with van der Waals surface area (Å²) in [5.41, 5.74) is 4.04. The molecule has 1 fully saturated rings. The van der Waals surface area contributed by atoms with E-state index in [4.69, 9.17) is 0 Å². The van der Waals surface area contributed by atoms with Crippen LogP contribution in [0.15, 0.2) is 55.0 Å². The number of rotatable bonds is 4. The van der Waals surface area contributed by atoms with Crippen molar-refractivity contribution in [2.24, 2.45) is 5.92 Å². The molecule has 3 aromatic rings. The summed E-state index contributed by atoms with van der Waals surface area (Å²) >= 11 is 0. The number of amides is 1. The number of benzene rings is 1. The minimum atomic E-state index is 0.125. The molecular weight excluding hydrogens is 324 g/mol. The zero-order chi connectivity index (χ0) is 18.1. The summed E-state index contributed by atoms with van der Waals surface area (Å²) in [6.45, 7) is 6.53. The summed E-state index contributed by atoms with van der Waals surface area (Å²) in [4.78, 5) is 23.3. The molecule has 3 heterocycles. The molecule has 0 saturated carbocycles. The number of likely N-dealkylation sites (tertiary alicyclic amines) is 1. The van der Waals surface area contributed by atoms with E-state index in [-0.39, 0.29) is 5.91 Å². The highest BCUT2D eigenvalue weighted by atomic mass is 16.2. The Hall–Kier alpha value is -2.95. The Balaban J connectivity index is 1.44. The first-order chi connectivity index (χ1) is 12.6. The van der Waals surface area contributed by atoms with E-state index >= 15 is 0 Å². The van der Waals surface area contributed by atoms with Crippen LogP contribution in [0.4, 0.5) is 0 Å². The molecule has 0 bridgehead atoms. The van der Waals surface area contributed by atoms with Gasteiger partial charge in [0.05, 0.1) is 0 Å². The van der Waals surface area contributed by atoms with Gasteiger partial charge in [-0.2, -0.15) is 0 Å². The van der Waals surface area contributed by atoms with Gasteiger partial charge in [0.15, 0.2) is 0 Å². The van der Waals surface area contributed by atoms with Gasteiger partial charge in [-0.15, -0.1) is 0 Å². The van der Waals surface area contributed by atoms with Crippen LogP contribution in [-0.2, 0) is 6.54 Å². The van der Waals surface area contributed by atoms with Crippen LogP contribution in [0.5, 0.6) is 0 Å². The molecule has 26 heavy (non-hydrogen) atoms. The summed E-state index contributed by atoms with van der Waals surface area (Å²) < 4.78 is 2.23. The van der Waals surface area contributed by atoms with Crippen molar-refractivity contribution in [3.05, 3.63) is 71.8 Å². The minimum Gasteiger partial charge on any atom is -0.338 e. The molecule has 0 spiro atoms. The van der Waals surface area contributed by atoms with Crippen LogP contribution in [0.3, 0.4) is 0 Å². The lowest BCUT2D eigenvalue weighted by atomic mass is 9.98. The van der Waals surface area contributed by atoms with Crippen LogP contribution in [0, 0.1) is 19.8 Å². The predicted octanol–water partition coefficient (Wildman–Crippen LogP) is 3.33. The number of aryl methyl sites for hydroxylation is 2. The van der Waals surface area contributed by atoms with Crippen molar-refractivity contribution in [3.63, 3.8) is 0 Å². The zero-order valence-electron chi connectivity index (χ0n) is 15.1. The molecule has 0 radical (unpaired) electrons. The molecule has 1 amide bonds. The van der Waals surface area contributed by atoms with E-state index in [1.54, 1.807) is 6.20 Å². The number of imidazole rings is 1. The lowest BCUT2D eigenvalue weighted by molar-refractivity contribution is 0.0468. The Morgan fingerprint density at radius 1 is 1.15 bits per heavy atom. The highest BCUT2D eigenvalue weighted by Crippen LogP contribution is 2.25. The third-order valence-electron chi connectivity index (χ3n) is 4.93.